The summed E-state index contributed by atoms with van der Waals surface area (Å²) in [4.78, 5) is 18.0. The number of nitrogens with one attached hydrogen (secondary N) is 2. The topological polar surface area (TPSA) is 94.7 Å². The number of rotatable bonds is 3. The second kappa shape index (κ2) is 3.19. The Kier molecular flexibility index (Phi) is 1.82. The molecule has 0 amide bonds. The van der Waals surface area contributed by atoms with Crippen LogP contribution in [0.3, 0.4) is 0 Å². The number of hydrogen-bond donors (Lipinski definition) is 3. The molecule has 3 rings (SSSR count). The van der Waals surface area contributed by atoms with Gasteiger partial charge in [-0.25, -0.2) is 4.98 Å². The molecular formula is C10H10N4O2. The minimum absolute atomic E-state index is 0.00582. The zero-order valence-electron chi connectivity index (χ0n) is 8.34. The van der Waals surface area contributed by atoms with Crippen molar-refractivity contribution in [1.82, 2.24) is 20.2 Å². The Morgan fingerprint density at radius 3 is 3.06 bits per heavy atom. The van der Waals surface area contributed by atoms with Gasteiger partial charge in [0.2, 0.25) is 0 Å². The van der Waals surface area contributed by atoms with E-state index >= 15 is 0 Å². The summed E-state index contributed by atoms with van der Waals surface area (Å²) in [6.07, 6.45) is 2.44. The summed E-state index contributed by atoms with van der Waals surface area (Å²) in [7, 11) is 0. The molecule has 0 radical (unpaired) electrons. The highest BCUT2D eigenvalue weighted by Crippen LogP contribution is 2.46. The van der Waals surface area contributed by atoms with Crippen molar-refractivity contribution in [3.63, 3.8) is 0 Å². The molecule has 1 fully saturated rings. The third kappa shape index (κ3) is 1.39. The lowest BCUT2D eigenvalue weighted by molar-refractivity contribution is -0.138. The first-order chi connectivity index (χ1) is 7.75. The van der Waals surface area contributed by atoms with E-state index in [0.717, 1.165) is 5.69 Å². The van der Waals surface area contributed by atoms with E-state index in [1.54, 1.807) is 6.20 Å². The zero-order chi connectivity index (χ0) is 11.1. The Hall–Kier alpha value is -2.11. The van der Waals surface area contributed by atoms with Crippen LogP contribution in [0.4, 0.5) is 0 Å². The average molecular weight is 218 g/mol. The van der Waals surface area contributed by atoms with Gasteiger partial charge in [-0.3, -0.25) is 9.89 Å². The molecular weight excluding hydrogens is 208 g/mol. The van der Waals surface area contributed by atoms with Gasteiger partial charge in [-0.1, -0.05) is 0 Å². The van der Waals surface area contributed by atoms with Gasteiger partial charge in [-0.05, 0) is 18.6 Å². The quantitative estimate of drug-likeness (QED) is 0.715. The van der Waals surface area contributed by atoms with Crippen molar-refractivity contribution in [1.29, 1.82) is 0 Å². The fourth-order valence-corrected chi connectivity index (χ4v) is 1.80. The third-order valence-electron chi connectivity index (χ3n) is 2.80. The van der Waals surface area contributed by atoms with Crippen LogP contribution in [-0.4, -0.2) is 31.2 Å². The normalized spacial score (nSPS) is 23.2. The highest BCUT2D eigenvalue weighted by atomic mass is 16.4. The molecule has 2 aromatic heterocycles. The van der Waals surface area contributed by atoms with Gasteiger partial charge in [0.05, 0.1) is 11.6 Å². The van der Waals surface area contributed by atoms with Crippen LogP contribution in [0.2, 0.25) is 0 Å². The molecule has 0 bridgehead atoms. The maximum absolute atomic E-state index is 10.7. The molecule has 16 heavy (non-hydrogen) atoms. The van der Waals surface area contributed by atoms with Crippen molar-refractivity contribution in [3.05, 3.63) is 24.2 Å². The average Bonchev–Trinajstić information content (AvgIpc) is 2.72. The van der Waals surface area contributed by atoms with Crippen molar-refractivity contribution in [2.45, 2.75) is 12.3 Å². The summed E-state index contributed by atoms with van der Waals surface area (Å²) in [5.74, 6) is 0.175. The molecule has 3 N–H and O–H groups in total. The molecule has 1 aliphatic carbocycles. The summed E-state index contributed by atoms with van der Waals surface area (Å²) in [5.41, 5.74) is 0.829. The first kappa shape index (κ1) is 9.14. The van der Waals surface area contributed by atoms with Gasteiger partial charge in [0, 0.05) is 12.1 Å². The van der Waals surface area contributed by atoms with E-state index in [9.17, 15) is 4.79 Å². The maximum Gasteiger partial charge on any atom is 0.307 e. The largest absolute Gasteiger partial charge is 0.481 e. The van der Waals surface area contributed by atoms with Crippen LogP contribution < -0.4 is 0 Å². The lowest BCUT2D eigenvalue weighted by Gasteiger charge is -1.89. The van der Waals surface area contributed by atoms with Gasteiger partial charge in [0.1, 0.15) is 5.82 Å². The van der Waals surface area contributed by atoms with E-state index in [1.165, 1.54) is 0 Å². The van der Waals surface area contributed by atoms with Gasteiger partial charge < -0.3 is 10.1 Å². The van der Waals surface area contributed by atoms with Gasteiger partial charge in [-0.2, -0.15) is 5.10 Å². The van der Waals surface area contributed by atoms with Crippen molar-refractivity contribution in [3.8, 4) is 11.5 Å². The van der Waals surface area contributed by atoms with Crippen LogP contribution in [0.1, 0.15) is 18.2 Å². The van der Waals surface area contributed by atoms with Gasteiger partial charge in [0.25, 0.3) is 0 Å². The zero-order valence-corrected chi connectivity index (χ0v) is 8.34. The lowest BCUT2D eigenvalue weighted by atomic mass is 10.3. The SMILES string of the molecule is O=C(O)[C@@H]1C[C@H]1c1nc(-c2ccc[nH]2)n[nH]1. The first-order valence-corrected chi connectivity index (χ1v) is 5.04. The number of hydrogen-bond acceptors (Lipinski definition) is 3. The fourth-order valence-electron chi connectivity index (χ4n) is 1.80. The molecule has 1 aliphatic rings. The van der Waals surface area contributed by atoms with Gasteiger partial charge >= 0.3 is 5.97 Å². The standard InChI is InChI=1S/C10H10N4O2/c15-10(16)6-4-5(6)8-12-9(14-13-8)7-2-1-3-11-7/h1-3,5-6,11H,4H2,(H,15,16)(H,12,13,14)/t5-,6-/m1/s1. The number of aliphatic carboxylic acids is 1. The van der Waals surface area contributed by atoms with E-state index in [0.29, 0.717) is 18.1 Å². The van der Waals surface area contributed by atoms with E-state index in [1.807, 2.05) is 12.1 Å². The molecule has 2 heterocycles. The Bertz CT molecular complexity index is 517. The summed E-state index contributed by atoms with van der Waals surface area (Å²) < 4.78 is 0. The Morgan fingerprint density at radius 2 is 2.44 bits per heavy atom. The van der Waals surface area contributed by atoms with Crippen molar-refractivity contribution >= 4 is 5.97 Å². The summed E-state index contributed by atoms with van der Waals surface area (Å²) in [6, 6.07) is 3.73. The second-order valence-corrected chi connectivity index (χ2v) is 3.91. The van der Waals surface area contributed by atoms with Crippen LogP contribution in [0.5, 0.6) is 0 Å². The predicted octanol–water partition coefficient (Wildman–Crippen LogP) is 0.988. The molecule has 1 saturated carbocycles. The second-order valence-electron chi connectivity index (χ2n) is 3.91. The fraction of sp³-hybridized carbons (Fsp3) is 0.300. The van der Waals surface area contributed by atoms with E-state index < -0.39 is 5.97 Å². The van der Waals surface area contributed by atoms with Crippen molar-refractivity contribution < 1.29 is 9.90 Å². The van der Waals surface area contributed by atoms with Crippen LogP contribution in [0.15, 0.2) is 18.3 Å². The molecule has 0 aliphatic heterocycles. The predicted molar refractivity (Wildman–Crippen MR) is 54.7 cm³/mol. The summed E-state index contributed by atoms with van der Waals surface area (Å²) >= 11 is 0. The third-order valence-corrected chi connectivity index (χ3v) is 2.80. The number of carboxylic acid groups (broad SMARTS) is 1. The molecule has 6 nitrogen and oxygen atoms in total. The minimum atomic E-state index is -0.761. The van der Waals surface area contributed by atoms with Gasteiger partial charge in [0.15, 0.2) is 5.82 Å². The molecule has 2 aromatic rings. The Labute approximate surface area is 90.7 Å². The van der Waals surface area contributed by atoms with Crippen molar-refractivity contribution in [2.75, 3.05) is 0 Å². The highest BCUT2D eigenvalue weighted by Gasteiger charge is 2.46. The van der Waals surface area contributed by atoms with E-state index in [4.69, 9.17) is 5.11 Å². The van der Waals surface area contributed by atoms with E-state index in [-0.39, 0.29) is 11.8 Å². The molecule has 0 aromatic carbocycles. The number of aromatic nitrogens is 4. The molecule has 82 valence electrons. The molecule has 6 heteroatoms. The summed E-state index contributed by atoms with van der Waals surface area (Å²) in [6.45, 7) is 0. The Balaban J connectivity index is 1.82. The monoisotopic (exact) mass is 218 g/mol. The summed E-state index contributed by atoms with van der Waals surface area (Å²) in [5, 5.41) is 15.7. The van der Waals surface area contributed by atoms with Crippen LogP contribution >= 0.6 is 0 Å². The lowest BCUT2D eigenvalue weighted by Crippen LogP contribution is -1.99. The molecule has 0 unspecified atom stereocenters. The Morgan fingerprint density at radius 1 is 1.56 bits per heavy atom. The molecule has 2 atom stereocenters. The number of carbonyl (C=O) groups is 1. The smallest absolute Gasteiger partial charge is 0.307 e. The first-order valence-electron chi connectivity index (χ1n) is 5.04. The maximum atomic E-state index is 10.7. The van der Waals surface area contributed by atoms with E-state index in [2.05, 4.69) is 20.2 Å². The molecule has 0 spiro atoms. The number of aromatic amines is 2. The highest BCUT2D eigenvalue weighted by molar-refractivity contribution is 5.74. The van der Waals surface area contributed by atoms with Crippen LogP contribution in [0, 0.1) is 5.92 Å². The number of carboxylic acids is 1. The van der Waals surface area contributed by atoms with Crippen LogP contribution in [0.25, 0.3) is 11.5 Å². The number of nitrogens with zero attached hydrogens (tertiary/aromatic N) is 2. The van der Waals surface area contributed by atoms with Crippen LogP contribution in [-0.2, 0) is 4.79 Å². The number of H-pyrrole nitrogens is 2. The minimum Gasteiger partial charge on any atom is -0.481 e. The van der Waals surface area contributed by atoms with Crippen molar-refractivity contribution in [2.24, 2.45) is 5.92 Å². The van der Waals surface area contributed by atoms with Gasteiger partial charge in [-0.15, -0.1) is 0 Å². The molecule has 0 saturated heterocycles.